The van der Waals surface area contributed by atoms with Gasteiger partial charge in [-0.1, -0.05) is 0 Å². The minimum Gasteiger partial charge on any atom is -0.372 e. The van der Waals surface area contributed by atoms with Gasteiger partial charge in [-0.2, -0.15) is 0 Å². The zero-order valence-electron chi connectivity index (χ0n) is 4.81. The van der Waals surface area contributed by atoms with Gasteiger partial charge in [0.25, 0.3) is 0 Å². The Morgan fingerprint density at radius 3 is 2.75 bits per heavy atom. The highest BCUT2D eigenvalue weighted by atomic mass is 16.5. The molecular formula is C6H10NO. The molecule has 1 radical (unpaired) electrons. The Morgan fingerprint density at radius 2 is 2.38 bits per heavy atom. The summed E-state index contributed by atoms with van der Waals surface area (Å²) in [5, 5.41) is 3.39. The van der Waals surface area contributed by atoms with Gasteiger partial charge in [-0.25, -0.2) is 0 Å². The molecule has 0 atom stereocenters. The molecule has 2 heteroatoms. The SMILES string of the molecule is [CH]1CNC2(CC2)CO1. The van der Waals surface area contributed by atoms with Gasteiger partial charge < -0.3 is 10.1 Å². The monoisotopic (exact) mass is 112 g/mol. The predicted molar refractivity (Wildman–Crippen MR) is 30.2 cm³/mol. The summed E-state index contributed by atoms with van der Waals surface area (Å²) in [6.07, 6.45) is 2.61. The van der Waals surface area contributed by atoms with Crippen molar-refractivity contribution in [3.8, 4) is 0 Å². The number of hydrogen-bond donors (Lipinski definition) is 1. The second kappa shape index (κ2) is 1.45. The minimum atomic E-state index is 0.425. The van der Waals surface area contributed by atoms with Crippen LogP contribution in [0.3, 0.4) is 0 Å². The molecule has 0 aromatic carbocycles. The molecule has 1 heterocycles. The molecule has 0 aromatic rings. The highest BCUT2D eigenvalue weighted by Gasteiger charge is 2.43. The van der Waals surface area contributed by atoms with E-state index in [4.69, 9.17) is 4.74 Å². The van der Waals surface area contributed by atoms with E-state index in [1.165, 1.54) is 12.8 Å². The Kier molecular flexibility index (Phi) is 0.866. The summed E-state index contributed by atoms with van der Waals surface area (Å²) in [5.41, 5.74) is 0.425. The Bertz CT molecular complexity index is 90.7. The Balaban J connectivity index is 1.95. The first kappa shape index (κ1) is 4.77. The van der Waals surface area contributed by atoms with Crippen molar-refractivity contribution in [2.45, 2.75) is 18.4 Å². The molecule has 2 aliphatic rings. The van der Waals surface area contributed by atoms with Gasteiger partial charge in [0.2, 0.25) is 0 Å². The number of hydrogen-bond acceptors (Lipinski definition) is 2. The fourth-order valence-electron chi connectivity index (χ4n) is 1.06. The maximum absolute atomic E-state index is 5.16. The van der Waals surface area contributed by atoms with Crippen LogP contribution < -0.4 is 5.32 Å². The van der Waals surface area contributed by atoms with Gasteiger partial charge in [0.15, 0.2) is 0 Å². The smallest absolute Gasteiger partial charge is 0.0974 e. The van der Waals surface area contributed by atoms with Crippen LogP contribution in [0.1, 0.15) is 12.8 Å². The molecule has 8 heavy (non-hydrogen) atoms. The van der Waals surface area contributed by atoms with Gasteiger partial charge in [0.05, 0.1) is 13.2 Å². The molecule has 1 aliphatic heterocycles. The lowest BCUT2D eigenvalue weighted by atomic mass is 10.3. The molecule has 1 saturated carbocycles. The van der Waals surface area contributed by atoms with Gasteiger partial charge in [0, 0.05) is 12.1 Å². The topological polar surface area (TPSA) is 21.3 Å². The van der Waals surface area contributed by atoms with Crippen molar-refractivity contribution >= 4 is 0 Å². The lowest BCUT2D eigenvalue weighted by molar-refractivity contribution is 0.119. The van der Waals surface area contributed by atoms with Crippen LogP contribution >= 0.6 is 0 Å². The van der Waals surface area contributed by atoms with Crippen LogP contribution in [0, 0.1) is 6.61 Å². The summed E-state index contributed by atoms with van der Waals surface area (Å²) in [5.74, 6) is 0. The molecule has 1 aliphatic carbocycles. The molecule has 2 fully saturated rings. The minimum absolute atomic E-state index is 0.425. The van der Waals surface area contributed by atoms with Gasteiger partial charge >= 0.3 is 0 Å². The van der Waals surface area contributed by atoms with Gasteiger partial charge in [0.1, 0.15) is 0 Å². The number of morpholine rings is 1. The van der Waals surface area contributed by atoms with Crippen LogP contribution in [-0.4, -0.2) is 18.7 Å². The van der Waals surface area contributed by atoms with E-state index in [-0.39, 0.29) is 0 Å². The van der Waals surface area contributed by atoms with E-state index in [1.807, 2.05) is 6.61 Å². The fourth-order valence-corrected chi connectivity index (χ4v) is 1.06. The molecule has 0 aromatic heterocycles. The van der Waals surface area contributed by atoms with Crippen molar-refractivity contribution in [3.63, 3.8) is 0 Å². The molecule has 1 saturated heterocycles. The van der Waals surface area contributed by atoms with E-state index >= 15 is 0 Å². The van der Waals surface area contributed by atoms with Crippen LogP contribution in [-0.2, 0) is 4.74 Å². The van der Waals surface area contributed by atoms with Gasteiger partial charge in [-0.3, -0.25) is 0 Å². The number of rotatable bonds is 0. The predicted octanol–water partition coefficient (Wildman–Crippen LogP) is 0.301. The van der Waals surface area contributed by atoms with Gasteiger partial charge in [-0.05, 0) is 12.8 Å². The largest absolute Gasteiger partial charge is 0.372 e. The molecule has 45 valence electrons. The van der Waals surface area contributed by atoms with E-state index in [0.29, 0.717) is 5.54 Å². The maximum Gasteiger partial charge on any atom is 0.0974 e. The summed E-state index contributed by atoms with van der Waals surface area (Å²) in [6, 6.07) is 0. The standard InChI is InChI=1S/C6H10NO/c1-2-6(1)5-8-4-3-7-6/h4,7H,1-3,5H2. The van der Waals surface area contributed by atoms with Crippen LogP contribution in [0.15, 0.2) is 0 Å². The van der Waals surface area contributed by atoms with E-state index in [9.17, 15) is 0 Å². The molecule has 0 bridgehead atoms. The molecule has 1 N–H and O–H groups in total. The molecule has 1 spiro atoms. The van der Waals surface area contributed by atoms with E-state index < -0.39 is 0 Å². The Hall–Kier alpha value is -0.0800. The number of ether oxygens (including phenoxy) is 1. The van der Waals surface area contributed by atoms with Crippen molar-refractivity contribution in [1.29, 1.82) is 0 Å². The number of nitrogens with one attached hydrogen (secondary N) is 1. The molecular weight excluding hydrogens is 102 g/mol. The zero-order valence-corrected chi connectivity index (χ0v) is 4.81. The summed E-state index contributed by atoms with van der Waals surface area (Å²) >= 11 is 0. The van der Waals surface area contributed by atoms with Crippen molar-refractivity contribution in [3.05, 3.63) is 6.61 Å². The van der Waals surface area contributed by atoms with Crippen molar-refractivity contribution < 1.29 is 4.74 Å². The van der Waals surface area contributed by atoms with Crippen LogP contribution in [0.25, 0.3) is 0 Å². The average Bonchev–Trinajstić information content (AvgIpc) is 2.52. The van der Waals surface area contributed by atoms with E-state index in [0.717, 1.165) is 13.2 Å². The third-order valence-electron chi connectivity index (χ3n) is 1.89. The first-order valence-corrected chi connectivity index (χ1v) is 3.10. The van der Waals surface area contributed by atoms with E-state index in [1.54, 1.807) is 0 Å². The first-order chi connectivity index (χ1) is 3.91. The van der Waals surface area contributed by atoms with Crippen LogP contribution in [0.4, 0.5) is 0 Å². The van der Waals surface area contributed by atoms with Crippen molar-refractivity contribution in [2.24, 2.45) is 0 Å². The Morgan fingerprint density at radius 1 is 1.50 bits per heavy atom. The summed E-state index contributed by atoms with van der Waals surface area (Å²) < 4.78 is 5.16. The third kappa shape index (κ3) is 0.644. The van der Waals surface area contributed by atoms with Gasteiger partial charge in [-0.15, -0.1) is 0 Å². The first-order valence-electron chi connectivity index (χ1n) is 3.10. The second-order valence-corrected chi connectivity index (χ2v) is 2.64. The Labute approximate surface area is 49.2 Å². The lowest BCUT2D eigenvalue weighted by Crippen LogP contribution is -2.41. The second-order valence-electron chi connectivity index (χ2n) is 2.64. The summed E-state index contributed by atoms with van der Waals surface area (Å²) in [7, 11) is 0. The highest BCUT2D eigenvalue weighted by Crippen LogP contribution is 2.36. The van der Waals surface area contributed by atoms with Crippen molar-refractivity contribution in [1.82, 2.24) is 5.32 Å². The molecule has 0 amide bonds. The van der Waals surface area contributed by atoms with E-state index in [2.05, 4.69) is 5.32 Å². The highest BCUT2D eigenvalue weighted by molar-refractivity contribution is 5.04. The average molecular weight is 112 g/mol. The van der Waals surface area contributed by atoms with Crippen molar-refractivity contribution in [2.75, 3.05) is 13.2 Å². The summed E-state index contributed by atoms with van der Waals surface area (Å²) in [6.45, 7) is 3.66. The lowest BCUT2D eigenvalue weighted by Gasteiger charge is -2.22. The quantitative estimate of drug-likeness (QED) is 0.486. The molecule has 0 unspecified atom stereocenters. The third-order valence-corrected chi connectivity index (χ3v) is 1.89. The van der Waals surface area contributed by atoms with Crippen LogP contribution in [0.5, 0.6) is 0 Å². The fraction of sp³-hybridized carbons (Fsp3) is 0.833. The zero-order chi connectivity index (χ0) is 5.45. The summed E-state index contributed by atoms with van der Waals surface area (Å²) in [4.78, 5) is 0. The van der Waals surface area contributed by atoms with Crippen LogP contribution in [0.2, 0.25) is 0 Å². The maximum atomic E-state index is 5.16. The normalized spacial score (nSPS) is 33.0. The molecule has 2 nitrogen and oxygen atoms in total. The molecule has 2 rings (SSSR count).